The van der Waals surface area contributed by atoms with Crippen LogP contribution in [0, 0.1) is 0 Å². The highest BCUT2D eigenvalue weighted by molar-refractivity contribution is 6.05. The molecule has 0 bridgehead atoms. The van der Waals surface area contributed by atoms with Crippen LogP contribution in [0.5, 0.6) is 0 Å². The predicted molar refractivity (Wildman–Crippen MR) is 75.4 cm³/mol. The van der Waals surface area contributed by atoms with Crippen molar-refractivity contribution >= 4 is 17.4 Å². The fourth-order valence-electron chi connectivity index (χ4n) is 1.70. The van der Waals surface area contributed by atoms with Crippen LogP contribution in [-0.2, 0) is 0 Å². The van der Waals surface area contributed by atoms with Gasteiger partial charge in [-0.05, 0) is 31.2 Å². The molecule has 1 N–H and O–H groups in total. The van der Waals surface area contributed by atoms with Gasteiger partial charge in [-0.1, -0.05) is 0 Å². The molecule has 0 saturated carbocycles. The summed E-state index contributed by atoms with van der Waals surface area (Å²) in [5, 5.41) is 3.09. The van der Waals surface area contributed by atoms with Gasteiger partial charge in [-0.2, -0.15) is 0 Å². The zero-order chi connectivity index (χ0) is 13.7. The molecule has 5 heteroatoms. The SMILES string of the molecule is CCNc1cc(C(=O)N(C)c2cccnc2)ccn1. The lowest BCUT2D eigenvalue weighted by molar-refractivity contribution is 0.0993. The number of anilines is 2. The maximum Gasteiger partial charge on any atom is 0.258 e. The van der Waals surface area contributed by atoms with Gasteiger partial charge < -0.3 is 10.2 Å². The number of carbonyl (C=O) groups is 1. The van der Waals surface area contributed by atoms with E-state index in [0.29, 0.717) is 11.4 Å². The average molecular weight is 256 g/mol. The van der Waals surface area contributed by atoms with Crippen LogP contribution >= 0.6 is 0 Å². The second kappa shape index (κ2) is 5.95. The van der Waals surface area contributed by atoms with E-state index in [9.17, 15) is 4.79 Å². The summed E-state index contributed by atoms with van der Waals surface area (Å²) in [6.07, 6.45) is 4.96. The molecule has 0 saturated heterocycles. The number of pyridine rings is 2. The molecule has 5 nitrogen and oxygen atoms in total. The van der Waals surface area contributed by atoms with E-state index in [2.05, 4.69) is 15.3 Å². The second-order valence-electron chi connectivity index (χ2n) is 4.04. The van der Waals surface area contributed by atoms with Crippen LogP contribution in [0.3, 0.4) is 0 Å². The Morgan fingerprint density at radius 3 is 2.89 bits per heavy atom. The third-order valence-electron chi connectivity index (χ3n) is 2.70. The third-order valence-corrected chi connectivity index (χ3v) is 2.70. The molecule has 0 atom stereocenters. The van der Waals surface area contributed by atoms with Crippen LogP contribution in [0.15, 0.2) is 42.9 Å². The van der Waals surface area contributed by atoms with E-state index >= 15 is 0 Å². The van der Waals surface area contributed by atoms with Crippen LogP contribution in [0.4, 0.5) is 11.5 Å². The predicted octanol–water partition coefficient (Wildman–Crippen LogP) is 2.18. The van der Waals surface area contributed by atoms with Crippen LogP contribution in [0.1, 0.15) is 17.3 Å². The highest BCUT2D eigenvalue weighted by Crippen LogP contribution is 2.15. The van der Waals surface area contributed by atoms with E-state index in [-0.39, 0.29) is 5.91 Å². The normalized spacial score (nSPS) is 10.0. The van der Waals surface area contributed by atoms with Crippen molar-refractivity contribution in [3.63, 3.8) is 0 Å². The van der Waals surface area contributed by atoms with Gasteiger partial charge in [0.1, 0.15) is 5.82 Å². The minimum absolute atomic E-state index is 0.0884. The first-order chi connectivity index (χ1) is 9.22. The van der Waals surface area contributed by atoms with E-state index in [1.54, 1.807) is 48.7 Å². The lowest BCUT2D eigenvalue weighted by Crippen LogP contribution is -2.26. The molecule has 0 radical (unpaired) electrons. The molecule has 1 amide bonds. The molecule has 0 aliphatic carbocycles. The Labute approximate surface area is 112 Å². The number of nitrogens with one attached hydrogen (secondary N) is 1. The quantitative estimate of drug-likeness (QED) is 0.911. The van der Waals surface area contributed by atoms with E-state index in [1.807, 2.05) is 13.0 Å². The van der Waals surface area contributed by atoms with Gasteiger partial charge in [-0.3, -0.25) is 9.78 Å². The summed E-state index contributed by atoms with van der Waals surface area (Å²) in [4.78, 5) is 22.1. The van der Waals surface area contributed by atoms with Gasteiger partial charge in [-0.25, -0.2) is 4.98 Å². The highest BCUT2D eigenvalue weighted by atomic mass is 16.2. The van der Waals surface area contributed by atoms with Crippen molar-refractivity contribution in [1.82, 2.24) is 9.97 Å². The van der Waals surface area contributed by atoms with Gasteiger partial charge in [0, 0.05) is 31.5 Å². The molecule has 19 heavy (non-hydrogen) atoms. The number of rotatable bonds is 4. The second-order valence-corrected chi connectivity index (χ2v) is 4.04. The molecule has 2 aromatic heterocycles. The van der Waals surface area contributed by atoms with Gasteiger partial charge >= 0.3 is 0 Å². The molecule has 0 unspecified atom stereocenters. The van der Waals surface area contributed by atoms with Gasteiger partial charge in [0.05, 0.1) is 11.9 Å². The average Bonchev–Trinajstić information content (AvgIpc) is 2.47. The third kappa shape index (κ3) is 3.07. The van der Waals surface area contributed by atoms with E-state index in [0.717, 1.165) is 12.2 Å². The summed E-state index contributed by atoms with van der Waals surface area (Å²) in [6, 6.07) is 7.10. The van der Waals surface area contributed by atoms with E-state index in [1.165, 1.54) is 0 Å². The lowest BCUT2D eigenvalue weighted by atomic mass is 10.2. The Balaban J connectivity index is 2.22. The van der Waals surface area contributed by atoms with Crippen molar-refractivity contribution in [3.05, 3.63) is 48.4 Å². The summed E-state index contributed by atoms with van der Waals surface area (Å²) in [5.41, 5.74) is 1.35. The molecule has 0 aromatic carbocycles. The molecular formula is C14H16N4O. The Bertz CT molecular complexity index is 556. The molecule has 0 spiro atoms. The van der Waals surface area contributed by atoms with Crippen molar-refractivity contribution in [2.45, 2.75) is 6.92 Å². The maximum atomic E-state index is 12.3. The van der Waals surface area contributed by atoms with Gasteiger partial charge in [0.25, 0.3) is 5.91 Å². The zero-order valence-corrected chi connectivity index (χ0v) is 11.0. The first-order valence-corrected chi connectivity index (χ1v) is 6.10. The summed E-state index contributed by atoms with van der Waals surface area (Å²) < 4.78 is 0. The van der Waals surface area contributed by atoms with Crippen molar-refractivity contribution in [1.29, 1.82) is 0 Å². The standard InChI is InChI=1S/C14H16N4O/c1-3-16-13-9-11(6-8-17-13)14(19)18(2)12-5-4-7-15-10-12/h4-10H,3H2,1-2H3,(H,16,17). The molecular weight excluding hydrogens is 240 g/mol. The van der Waals surface area contributed by atoms with Crippen molar-refractivity contribution in [2.75, 3.05) is 23.8 Å². The van der Waals surface area contributed by atoms with Crippen LogP contribution in [0.2, 0.25) is 0 Å². The van der Waals surface area contributed by atoms with Crippen LogP contribution in [-0.4, -0.2) is 29.5 Å². The number of aromatic nitrogens is 2. The molecule has 0 aliphatic heterocycles. The van der Waals surface area contributed by atoms with Crippen molar-refractivity contribution in [2.24, 2.45) is 0 Å². The van der Waals surface area contributed by atoms with Gasteiger partial charge in [0.15, 0.2) is 0 Å². The Morgan fingerprint density at radius 1 is 1.37 bits per heavy atom. The number of hydrogen-bond donors (Lipinski definition) is 1. The highest BCUT2D eigenvalue weighted by Gasteiger charge is 2.14. The minimum atomic E-state index is -0.0884. The Morgan fingerprint density at radius 2 is 2.21 bits per heavy atom. The molecule has 0 fully saturated rings. The van der Waals surface area contributed by atoms with Gasteiger partial charge in [-0.15, -0.1) is 0 Å². The van der Waals surface area contributed by atoms with Crippen molar-refractivity contribution < 1.29 is 4.79 Å². The van der Waals surface area contributed by atoms with E-state index < -0.39 is 0 Å². The Kier molecular flexibility index (Phi) is 4.07. The first-order valence-electron chi connectivity index (χ1n) is 6.10. The molecule has 98 valence electrons. The molecule has 0 aliphatic rings. The number of nitrogens with zero attached hydrogens (tertiary/aromatic N) is 3. The topological polar surface area (TPSA) is 58.1 Å². The number of carbonyl (C=O) groups excluding carboxylic acids is 1. The fourth-order valence-corrected chi connectivity index (χ4v) is 1.70. The fraction of sp³-hybridized carbons (Fsp3) is 0.214. The zero-order valence-electron chi connectivity index (χ0n) is 11.0. The van der Waals surface area contributed by atoms with Crippen molar-refractivity contribution in [3.8, 4) is 0 Å². The Hall–Kier alpha value is -2.43. The summed E-state index contributed by atoms with van der Waals surface area (Å²) >= 11 is 0. The minimum Gasteiger partial charge on any atom is -0.370 e. The monoisotopic (exact) mass is 256 g/mol. The summed E-state index contributed by atoms with van der Waals surface area (Å²) in [7, 11) is 1.73. The number of hydrogen-bond acceptors (Lipinski definition) is 4. The largest absolute Gasteiger partial charge is 0.370 e. The smallest absolute Gasteiger partial charge is 0.258 e. The lowest BCUT2D eigenvalue weighted by Gasteiger charge is -2.17. The van der Waals surface area contributed by atoms with Crippen LogP contribution < -0.4 is 10.2 Å². The molecule has 2 aromatic rings. The van der Waals surface area contributed by atoms with E-state index in [4.69, 9.17) is 0 Å². The number of amides is 1. The summed E-state index contributed by atoms with van der Waals surface area (Å²) in [5.74, 6) is 0.613. The van der Waals surface area contributed by atoms with Gasteiger partial charge in [0.2, 0.25) is 0 Å². The molecule has 2 heterocycles. The summed E-state index contributed by atoms with van der Waals surface area (Å²) in [6.45, 7) is 2.75. The first kappa shape index (κ1) is 13.0. The molecule has 2 rings (SSSR count). The van der Waals surface area contributed by atoms with Crippen LogP contribution in [0.25, 0.3) is 0 Å². The maximum absolute atomic E-state index is 12.3.